The van der Waals surface area contributed by atoms with E-state index in [4.69, 9.17) is 0 Å². The van der Waals surface area contributed by atoms with Crippen LogP contribution in [0.2, 0.25) is 0 Å². The van der Waals surface area contributed by atoms with Crippen LogP contribution in [0, 0.1) is 0 Å². The first-order valence-electron chi connectivity index (χ1n) is 8.25. The molecular weight excluding hydrogens is 274 g/mol. The first-order chi connectivity index (χ1) is 10.8. The topological polar surface area (TPSA) is 53.7 Å². The number of aliphatic imine (C=N–C) groups is 1. The lowest BCUT2D eigenvalue weighted by atomic mass is 9.96. The van der Waals surface area contributed by atoms with Crippen molar-refractivity contribution in [2.75, 3.05) is 13.6 Å². The van der Waals surface area contributed by atoms with Gasteiger partial charge in [-0.3, -0.25) is 4.99 Å². The van der Waals surface area contributed by atoms with Crippen LogP contribution in [0.15, 0.2) is 35.6 Å². The number of rotatable bonds is 4. The lowest BCUT2D eigenvalue weighted by Crippen LogP contribution is -2.44. The Morgan fingerprint density at radius 2 is 2.18 bits per heavy atom. The number of nitrogens with zero attached hydrogens (tertiary/aromatic N) is 3. The molecule has 1 aliphatic carbocycles. The Morgan fingerprint density at radius 1 is 1.32 bits per heavy atom. The Labute approximate surface area is 131 Å². The Kier molecular flexibility index (Phi) is 4.93. The number of aromatic nitrogens is 2. The van der Waals surface area contributed by atoms with Crippen LogP contribution >= 0.6 is 0 Å². The Hall–Kier alpha value is -2.04. The molecular formula is C17H25N5. The third kappa shape index (κ3) is 3.78. The first-order valence-corrected chi connectivity index (χ1v) is 8.25. The van der Waals surface area contributed by atoms with E-state index in [0.717, 1.165) is 30.3 Å². The highest BCUT2D eigenvalue weighted by molar-refractivity contribution is 5.79. The fourth-order valence-electron chi connectivity index (χ4n) is 3.05. The van der Waals surface area contributed by atoms with Crippen molar-refractivity contribution in [2.24, 2.45) is 4.99 Å². The normalized spacial score (nSPS) is 16.9. The molecule has 2 aromatic rings. The van der Waals surface area contributed by atoms with E-state index < -0.39 is 0 Å². The molecule has 1 aliphatic rings. The van der Waals surface area contributed by atoms with Crippen LogP contribution in [0.25, 0.3) is 5.65 Å². The number of hydrogen-bond acceptors (Lipinski definition) is 2. The van der Waals surface area contributed by atoms with Crippen molar-refractivity contribution in [2.45, 2.75) is 44.6 Å². The molecule has 118 valence electrons. The van der Waals surface area contributed by atoms with E-state index in [1.807, 2.05) is 31.4 Å². The quantitative estimate of drug-likeness (QED) is 0.673. The summed E-state index contributed by atoms with van der Waals surface area (Å²) < 4.78 is 2.06. The average molecular weight is 299 g/mol. The van der Waals surface area contributed by atoms with E-state index >= 15 is 0 Å². The second kappa shape index (κ2) is 7.29. The molecule has 0 spiro atoms. The second-order valence-corrected chi connectivity index (χ2v) is 5.93. The lowest BCUT2D eigenvalue weighted by molar-refractivity contribution is 0.410. The SMILES string of the molecule is CN=C(NCCc1cn2ccccc2n1)NC1CCCCC1. The van der Waals surface area contributed by atoms with Gasteiger partial charge in [-0.1, -0.05) is 25.3 Å². The fraction of sp³-hybridized carbons (Fsp3) is 0.529. The zero-order chi connectivity index (χ0) is 15.2. The van der Waals surface area contributed by atoms with Crippen LogP contribution in [0.5, 0.6) is 0 Å². The largest absolute Gasteiger partial charge is 0.356 e. The van der Waals surface area contributed by atoms with Gasteiger partial charge in [0.25, 0.3) is 0 Å². The molecule has 0 radical (unpaired) electrons. The molecule has 2 aromatic heterocycles. The molecule has 5 heteroatoms. The van der Waals surface area contributed by atoms with E-state index in [2.05, 4.69) is 31.2 Å². The molecule has 0 saturated heterocycles. The summed E-state index contributed by atoms with van der Waals surface area (Å²) in [5.41, 5.74) is 2.11. The molecule has 0 aliphatic heterocycles. The van der Waals surface area contributed by atoms with Gasteiger partial charge >= 0.3 is 0 Å². The lowest BCUT2D eigenvalue weighted by Gasteiger charge is -2.24. The van der Waals surface area contributed by atoms with Crippen LogP contribution in [0.4, 0.5) is 0 Å². The second-order valence-electron chi connectivity index (χ2n) is 5.93. The smallest absolute Gasteiger partial charge is 0.191 e. The van der Waals surface area contributed by atoms with Crippen LogP contribution in [-0.2, 0) is 6.42 Å². The summed E-state index contributed by atoms with van der Waals surface area (Å²) in [6, 6.07) is 6.64. The monoisotopic (exact) mass is 299 g/mol. The van der Waals surface area contributed by atoms with Gasteiger partial charge in [0.1, 0.15) is 5.65 Å². The summed E-state index contributed by atoms with van der Waals surface area (Å²) in [5, 5.41) is 6.93. The molecule has 2 N–H and O–H groups in total. The maximum Gasteiger partial charge on any atom is 0.191 e. The summed E-state index contributed by atoms with van der Waals surface area (Å²) in [6.07, 6.45) is 11.6. The Bertz CT molecular complexity index is 592. The van der Waals surface area contributed by atoms with Crippen LogP contribution in [-0.4, -0.2) is 35.0 Å². The summed E-state index contributed by atoms with van der Waals surface area (Å²) in [6.45, 7) is 0.844. The van der Waals surface area contributed by atoms with Crippen molar-refractivity contribution in [1.82, 2.24) is 20.0 Å². The van der Waals surface area contributed by atoms with Crippen molar-refractivity contribution < 1.29 is 0 Å². The molecule has 1 fully saturated rings. The van der Waals surface area contributed by atoms with Crippen molar-refractivity contribution >= 4 is 11.6 Å². The van der Waals surface area contributed by atoms with Gasteiger partial charge < -0.3 is 15.0 Å². The molecule has 0 bridgehead atoms. The van der Waals surface area contributed by atoms with Crippen LogP contribution in [0.1, 0.15) is 37.8 Å². The number of pyridine rings is 1. The van der Waals surface area contributed by atoms with Gasteiger partial charge in [0.2, 0.25) is 0 Å². The summed E-state index contributed by atoms with van der Waals surface area (Å²) in [4.78, 5) is 8.94. The van der Waals surface area contributed by atoms with Gasteiger partial charge in [-0.15, -0.1) is 0 Å². The van der Waals surface area contributed by atoms with Crippen molar-refractivity contribution in [1.29, 1.82) is 0 Å². The van der Waals surface area contributed by atoms with Gasteiger partial charge in [-0.05, 0) is 25.0 Å². The maximum atomic E-state index is 4.61. The molecule has 0 atom stereocenters. The minimum atomic E-state index is 0.579. The first kappa shape index (κ1) is 14.9. The molecule has 0 amide bonds. The Morgan fingerprint density at radius 3 is 2.95 bits per heavy atom. The predicted molar refractivity (Wildman–Crippen MR) is 90.3 cm³/mol. The minimum Gasteiger partial charge on any atom is -0.356 e. The van der Waals surface area contributed by atoms with Crippen LogP contribution in [0.3, 0.4) is 0 Å². The molecule has 2 heterocycles. The molecule has 0 aromatic carbocycles. The van der Waals surface area contributed by atoms with E-state index in [1.54, 1.807) is 0 Å². The highest BCUT2D eigenvalue weighted by atomic mass is 15.2. The van der Waals surface area contributed by atoms with Gasteiger partial charge in [-0.2, -0.15) is 0 Å². The van der Waals surface area contributed by atoms with E-state index in [0.29, 0.717) is 6.04 Å². The standard InChI is InChI=1S/C17H25N5/c1-18-17(21-14-7-3-2-4-8-14)19-11-10-15-13-22-12-6-5-9-16(22)20-15/h5-6,9,12-14H,2-4,7-8,10-11H2,1H3,(H2,18,19,21). The highest BCUT2D eigenvalue weighted by Gasteiger charge is 2.14. The van der Waals surface area contributed by atoms with Gasteiger partial charge in [0, 0.05) is 38.4 Å². The zero-order valence-corrected chi connectivity index (χ0v) is 13.3. The average Bonchev–Trinajstić information content (AvgIpc) is 2.97. The molecule has 1 saturated carbocycles. The molecule has 3 rings (SSSR count). The maximum absolute atomic E-state index is 4.61. The zero-order valence-electron chi connectivity index (χ0n) is 13.3. The fourth-order valence-corrected chi connectivity index (χ4v) is 3.05. The number of fused-ring (bicyclic) bond motifs is 1. The van der Waals surface area contributed by atoms with Crippen molar-refractivity contribution in [3.63, 3.8) is 0 Å². The van der Waals surface area contributed by atoms with Crippen molar-refractivity contribution in [3.8, 4) is 0 Å². The number of nitrogens with one attached hydrogen (secondary N) is 2. The summed E-state index contributed by atoms with van der Waals surface area (Å²) >= 11 is 0. The Balaban J connectivity index is 1.48. The van der Waals surface area contributed by atoms with Gasteiger partial charge in [0.05, 0.1) is 5.69 Å². The molecule has 0 unspecified atom stereocenters. The highest BCUT2D eigenvalue weighted by Crippen LogP contribution is 2.17. The third-order valence-electron chi connectivity index (χ3n) is 4.26. The number of imidazole rings is 1. The number of hydrogen-bond donors (Lipinski definition) is 2. The van der Waals surface area contributed by atoms with Crippen molar-refractivity contribution in [3.05, 3.63) is 36.3 Å². The van der Waals surface area contributed by atoms with Gasteiger partial charge in [0.15, 0.2) is 5.96 Å². The van der Waals surface area contributed by atoms with E-state index in [9.17, 15) is 0 Å². The van der Waals surface area contributed by atoms with E-state index in [-0.39, 0.29) is 0 Å². The predicted octanol–water partition coefficient (Wildman–Crippen LogP) is 2.37. The number of guanidine groups is 1. The minimum absolute atomic E-state index is 0.579. The van der Waals surface area contributed by atoms with E-state index in [1.165, 1.54) is 32.1 Å². The van der Waals surface area contributed by atoms with Crippen LogP contribution < -0.4 is 10.6 Å². The van der Waals surface area contributed by atoms with Gasteiger partial charge in [-0.25, -0.2) is 4.98 Å². The summed E-state index contributed by atoms with van der Waals surface area (Å²) in [7, 11) is 1.84. The summed E-state index contributed by atoms with van der Waals surface area (Å²) in [5.74, 6) is 0.913. The third-order valence-corrected chi connectivity index (χ3v) is 4.26. The molecule has 22 heavy (non-hydrogen) atoms. The molecule has 5 nitrogen and oxygen atoms in total.